The number of nitrogens with one attached hydrogen (secondary N) is 1. The molecule has 0 bridgehead atoms. The minimum Gasteiger partial charge on any atom is -0.463 e. The van der Waals surface area contributed by atoms with Crippen molar-refractivity contribution >= 4 is 28.1 Å². The van der Waals surface area contributed by atoms with Gasteiger partial charge in [0.05, 0.1) is 19.0 Å². The van der Waals surface area contributed by atoms with Crippen molar-refractivity contribution in [2.75, 3.05) is 0 Å². The van der Waals surface area contributed by atoms with E-state index in [0.717, 1.165) is 10.0 Å². The van der Waals surface area contributed by atoms with Crippen LogP contribution in [0.4, 0.5) is 0 Å². The summed E-state index contributed by atoms with van der Waals surface area (Å²) in [6, 6.07) is 13.1. The van der Waals surface area contributed by atoms with Gasteiger partial charge in [-0.2, -0.15) is 10.2 Å². The van der Waals surface area contributed by atoms with E-state index < -0.39 is 0 Å². The van der Waals surface area contributed by atoms with Crippen molar-refractivity contribution < 1.29 is 9.21 Å². The van der Waals surface area contributed by atoms with Crippen LogP contribution in [0.1, 0.15) is 21.8 Å². The number of aromatic nitrogens is 2. The third kappa shape index (κ3) is 4.17. The molecule has 116 valence electrons. The highest BCUT2D eigenvalue weighted by Gasteiger charge is 2.08. The number of hydrogen-bond acceptors (Lipinski definition) is 4. The molecular formula is C16H13BrN4O2. The van der Waals surface area contributed by atoms with Crippen LogP contribution in [0.25, 0.3) is 0 Å². The van der Waals surface area contributed by atoms with Crippen molar-refractivity contribution in [1.82, 2.24) is 15.2 Å². The molecule has 1 aromatic carbocycles. The molecule has 6 nitrogen and oxygen atoms in total. The lowest BCUT2D eigenvalue weighted by Gasteiger charge is -2.02. The van der Waals surface area contributed by atoms with Gasteiger partial charge in [-0.05, 0) is 35.9 Å². The van der Waals surface area contributed by atoms with E-state index in [0.29, 0.717) is 18.0 Å². The molecule has 2 heterocycles. The fraction of sp³-hybridized carbons (Fsp3) is 0.0625. The monoisotopic (exact) mass is 372 g/mol. The summed E-state index contributed by atoms with van der Waals surface area (Å²) in [6.07, 6.45) is 4.72. The Hall–Kier alpha value is -2.67. The maximum Gasteiger partial charge on any atom is 0.291 e. The Morgan fingerprint density at radius 3 is 2.87 bits per heavy atom. The summed E-state index contributed by atoms with van der Waals surface area (Å²) in [5.74, 6) is 0.188. The minimum absolute atomic E-state index is 0.304. The maximum absolute atomic E-state index is 11.9. The van der Waals surface area contributed by atoms with Crippen molar-refractivity contribution in [2.24, 2.45) is 5.10 Å². The van der Waals surface area contributed by atoms with Crippen LogP contribution < -0.4 is 5.43 Å². The molecular weight excluding hydrogens is 360 g/mol. The molecule has 0 fully saturated rings. The van der Waals surface area contributed by atoms with Crippen LogP contribution in [0.15, 0.2) is 68.9 Å². The molecule has 0 saturated carbocycles. The molecule has 0 aliphatic rings. The van der Waals surface area contributed by atoms with Crippen LogP contribution >= 0.6 is 15.9 Å². The number of furan rings is 1. The average Bonchev–Trinajstić information content (AvgIpc) is 3.21. The summed E-state index contributed by atoms with van der Waals surface area (Å²) in [6.45, 7) is 0.593. The third-order valence-corrected chi connectivity index (χ3v) is 3.56. The second-order valence-electron chi connectivity index (χ2n) is 4.74. The van der Waals surface area contributed by atoms with E-state index in [1.54, 1.807) is 29.1 Å². The summed E-state index contributed by atoms with van der Waals surface area (Å²) in [4.78, 5) is 11.9. The predicted octanol–water partition coefficient (Wildman–Crippen LogP) is 3.05. The molecule has 1 N–H and O–H groups in total. The van der Waals surface area contributed by atoms with E-state index in [1.807, 2.05) is 24.3 Å². The Kier molecular flexibility index (Phi) is 4.68. The highest BCUT2D eigenvalue weighted by molar-refractivity contribution is 9.10. The molecule has 0 aliphatic heterocycles. The third-order valence-electron chi connectivity index (χ3n) is 3.03. The number of nitrogens with zero attached hydrogens (tertiary/aromatic N) is 3. The van der Waals surface area contributed by atoms with Gasteiger partial charge in [0.1, 0.15) is 5.76 Å². The molecule has 0 unspecified atom stereocenters. The highest BCUT2D eigenvalue weighted by atomic mass is 79.9. The van der Waals surface area contributed by atoms with Gasteiger partial charge in [0, 0.05) is 10.7 Å². The van der Waals surface area contributed by atoms with Crippen LogP contribution in [-0.4, -0.2) is 21.9 Å². The van der Waals surface area contributed by atoms with Gasteiger partial charge < -0.3 is 4.42 Å². The Bertz CT molecular complexity index is 807. The lowest BCUT2D eigenvalue weighted by molar-refractivity contribution is 0.0949. The van der Waals surface area contributed by atoms with Crippen LogP contribution in [0.3, 0.4) is 0 Å². The normalized spacial score (nSPS) is 11.0. The zero-order valence-electron chi connectivity index (χ0n) is 12.0. The van der Waals surface area contributed by atoms with Crippen molar-refractivity contribution in [3.63, 3.8) is 0 Å². The fourth-order valence-electron chi connectivity index (χ4n) is 1.92. The number of carbonyl (C=O) groups excluding carboxylic acids is 1. The quantitative estimate of drug-likeness (QED) is 0.552. The Balaban J connectivity index is 1.59. The Morgan fingerprint density at radius 1 is 1.30 bits per heavy atom. The Labute approximate surface area is 140 Å². The SMILES string of the molecule is O=C(N/N=C\c1ccco1)c1ccn(Cc2ccc(Br)cc2)n1. The summed E-state index contributed by atoms with van der Waals surface area (Å²) >= 11 is 3.40. The predicted molar refractivity (Wildman–Crippen MR) is 89.2 cm³/mol. The van der Waals surface area contributed by atoms with E-state index >= 15 is 0 Å². The van der Waals surface area contributed by atoms with Crippen molar-refractivity contribution in [2.45, 2.75) is 6.54 Å². The van der Waals surface area contributed by atoms with Crippen LogP contribution in [0.5, 0.6) is 0 Å². The second-order valence-corrected chi connectivity index (χ2v) is 5.66. The summed E-state index contributed by atoms with van der Waals surface area (Å²) in [5, 5.41) is 8.06. The molecule has 23 heavy (non-hydrogen) atoms. The molecule has 0 spiro atoms. The number of hydrazone groups is 1. The lowest BCUT2D eigenvalue weighted by atomic mass is 10.2. The first-order valence-electron chi connectivity index (χ1n) is 6.85. The largest absolute Gasteiger partial charge is 0.463 e. The minimum atomic E-state index is -0.373. The summed E-state index contributed by atoms with van der Waals surface area (Å²) in [5.41, 5.74) is 3.81. The van der Waals surface area contributed by atoms with Crippen molar-refractivity contribution in [1.29, 1.82) is 0 Å². The van der Waals surface area contributed by atoms with Gasteiger partial charge in [-0.1, -0.05) is 28.1 Å². The lowest BCUT2D eigenvalue weighted by Crippen LogP contribution is -2.18. The van der Waals surface area contributed by atoms with Crippen molar-refractivity contribution in [3.8, 4) is 0 Å². The zero-order valence-corrected chi connectivity index (χ0v) is 13.6. The van der Waals surface area contributed by atoms with Gasteiger partial charge >= 0.3 is 0 Å². The van der Waals surface area contributed by atoms with Gasteiger partial charge in [0.25, 0.3) is 5.91 Å². The molecule has 3 rings (SSSR count). The topological polar surface area (TPSA) is 72.4 Å². The molecule has 2 aromatic heterocycles. The molecule has 0 radical (unpaired) electrons. The highest BCUT2D eigenvalue weighted by Crippen LogP contribution is 2.11. The van der Waals surface area contributed by atoms with Crippen LogP contribution in [0, 0.1) is 0 Å². The van der Waals surface area contributed by atoms with Gasteiger partial charge in [-0.15, -0.1) is 0 Å². The molecule has 0 aliphatic carbocycles. The van der Waals surface area contributed by atoms with Gasteiger partial charge in [0.2, 0.25) is 0 Å². The summed E-state index contributed by atoms with van der Waals surface area (Å²) < 4.78 is 7.80. The molecule has 0 atom stereocenters. The molecule has 0 saturated heterocycles. The van der Waals surface area contributed by atoms with Gasteiger partial charge in [-0.3, -0.25) is 9.48 Å². The summed E-state index contributed by atoms with van der Waals surface area (Å²) in [7, 11) is 0. The molecule has 7 heteroatoms. The van der Waals surface area contributed by atoms with E-state index in [2.05, 4.69) is 31.6 Å². The van der Waals surface area contributed by atoms with E-state index in [1.165, 1.54) is 12.5 Å². The first kappa shape index (κ1) is 15.2. The maximum atomic E-state index is 11.9. The van der Waals surface area contributed by atoms with Crippen LogP contribution in [-0.2, 0) is 6.54 Å². The van der Waals surface area contributed by atoms with E-state index in [-0.39, 0.29) is 5.91 Å². The van der Waals surface area contributed by atoms with E-state index in [9.17, 15) is 4.79 Å². The first-order chi connectivity index (χ1) is 11.2. The van der Waals surface area contributed by atoms with Crippen LogP contribution in [0.2, 0.25) is 0 Å². The number of hydrogen-bond donors (Lipinski definition) is 1. The smallest absolute Gasteiger partial charge is 0.291 e. The molecule has 1 amide bonds. The Morgan fingerprint density at radius 2 is 2.13 bits per heavy atom. The van der Waals surface area contributed by atoms with Gasteiger partial charge in [0.15, 0.2) is 5.69 Å². The first-order valence-corrected chi connectivity index (χ1v) is 7.65. The van der Waals surface area contributed by atoms with Gasteiger partial charge in [-0.25, -0.2) is 5.43 Å². The molecule has 3 aromatic rings. The zero-order chi connectivity index (χ0) is 16.1. The number of halogens is 1. The number of amides is 1. The number of benzene rings is 1. The second kappa shape index (κ2) is 7.06. The van der Waals surface area contributed by atoms with E-state index in [4.69, 9.17) is 4.42 Å². The van der Waals surface area contributed by atoms with Crippen molar-refractivity contribution in [3.05, 3.63) is 76.4 Å². The number of rotatable bonds is 5. The average molecular weight is 373 g/mol. The standard InChI is InChI=1S/C16H13BrN4O2/c17-13-5-3-12(4-6-13)11-21-8-7-15(20-21)16(22)19-18-10-14-2-1-9-23-14/h1-10H,11H2,(H,19,22)/b18-10-. The fourth-order valence-corrected chi connectivity index (χ4v) is 2.19. The number of carbonyl (C=O) groups is 1.